The molecule has 1 saturated heterocycles. The smallest absolute Gasteiger partial charge is 0.404 e. The summed E-state index contributed by atoms with van der Waals surface area (Å²) in [5.74, 6) is 0.0110. The van der Waals surface area contributed by atoms with Crippen LogP contribution in [0.25, 0.3) is 10.4 Å². The SMILES string of the molecule is Cc1cn([C@H]2CC(N=[N+]=[N-])[C@@H](COP(=O)(O)Oc3ccc(C#N)cc3)O2)c(=O)[nH]c1=O. The topological polar surface area (TPSA) is 192 Å². The molecule has 0 bridgehead atoms. The number of nitriles is 1. The first-order chi connectivity index (χ1) is 14.7. The number of hydrogen-bond acceptors (Lipinski definition) is 8. The first kappa shape index (κ1) is 22.3. The van der Waals surface area contributed by atoms with E-state index < -0.39 is 44.1 Å². The van der Waals surface area contributed by atoms with Crippen molar-refractivity contribution in [3.63, 3.8) is 0 Å². The van der Waals surface area contributed by atoms with Crippen LogP contribution in [0.3, 0.4) is 0 Å². The molecule has 31 heavy (non-hydrogen) atoms. The van der Waals surface area contributed by atoms with Gasteiger partial charge in [0.05, 0.1) is 30.4 Å². The Labute approximate surface area is 174 Å². The van der Waals surface area contributed by atoms with E-state index in [-0.39, 0.29) is 17.7 Å². The third-order valence-corrected chi connectivity index (χ3v) is 5.38. The molecule has 1 aliphatic rings. The number of aryl methyl sites for hydroxylation is 1. The van der Waals surface area contributed by atoms with Gasteiger partial charge in [-0.3, -0.25) is 23.8 Å². The number of aromatic nitrogens is 2. The average Bonchev–Trinajstić information content (AvgIpc) is 3.12. The van der Waals surface area contributed by atoms with Gasteiger partial charge in [0.1, 0.15) is 12.0 Å². The van der Waals surface area contributed by atoms with E-state index in [4.69, 9.17) is 24.6 Å². The molecule has 0 saturated carbocycles. The van der Waals surface area contributed by atoms with Crippen LogP contribution in [0.2, 0.25) is 0 Å². The Kier molecular flexibility index (Phi) is 6.60. The van der Waals surface area contributed by atoms with Crippen molar-refractivity contribution in [2.24, 2.45) is 5.11 Å². The van der Waals surface area contributed by atoms with Crippen molar-refractivity contribution < 1.29 is 23.2 Å². The first-order valence-electron chi connectivity index (χ1n) is 8.91. The number of aromatic amines is 1. The Morgan fingerprint density at radius 3 is 2.81 bits per heavy atom. The molecular weight excluding hydrogens is 431 g/mol. The highest BCUT2D eigenvalue weighted by atomic mass is 31.2. The lowest BCUT2D eigenvalue weighted by molar-refractivity contribution is -0.0263. The van der Waals surface area contributed by atoms with Gasteiger partial charge in [-0.2, -0.15) is 5.26 Å². The van der Waals surface area contributed by atoms with Gasteiger partial charge in [-0.05, 0) is 36.7 Å². The fraction of sp³-hybridized carbons (Fsp3) is 0.353. The molecule has 3 rings (SSSR count). The van der Waals surface area contributed by atoms with Crippen LogP contribution in [0.4, 0.5) is 0 Å². The van der Waals surface area contributed by atoms with Crippen LogP contribution in [-0.2, 0) is 13.8 Å². The van der Waals surface area contributed by atoms with E-state index in [1.54, 1.807) is 0 Å². The number of H-pyrrole nitrogens is 1. The summed E-state index contributed by atoms with van der Waals surface area (Å²) in [5.41, 5.74) is 8.17. The van der Waals surface area contributed by atoms with Gasteiger partial charge in [0, 0.05) is 23.1 Å². The van der Waals surface area contributed by atoms with Gasteiger partial charge < -0.3 is 9.26 Å². The predicted molar refractivity (Wildman–Crippen MR) is 105 cm³/mol. The third-order valence-electron chi connectivity index (χ3n) is 4.47. The first-order valence-corrected chi connectivity index (χ1v) is 10.4. The molecule has 1 aromatic carbocycles. The fourth-order valence-corrected chi connectivity index (χ4v) is 3.72. The van der Waals surface area contributed by atoms with Gasteiger partial charge in [-0.25, -0.2) is 9.36 Å². The summed E-state index contributed by atoms with van der Waals surface area (Å²) >= 11 is 0. The maximum Gasteiger partial charge on any atom is 0.527 e. The minimum atomic E-state index is -4.57. The summed E-state index contributed by atoms with van der Waals surface area (Å²) in [6, 6.07) is 6.58. The summed E-state index contributed by atoms with van der Waals surface area (Å²) in [6.07, 6.45) is -0.446. The minimum Gasteiger partial charge on any atom is -0.404 e. The van der Waals surface area contributed by atoms with Crippen LogP contribution < -0.4 is 15.8 Å². The van der Waals surface area contributed by atoms with Gasteiger partial charge in [-0.15, -0.1) is 0 Å². The van der Waals surface area contributed by atoms with E-state index in [9.17, 15) is 19.0 Å². The van der Waals surface area contributed by atoms with Crippen LogP contribution in [-0.4, -0.2) is 33.2 Å². The fourth-order valence-electron chi connectivity index (χ4n) is 2.94. The van der Waals surface area contributed by atoms with Crippen molar-refractivity contribution in [1.82, 2.24) is 9.55 Å². The molecule has 4 atom stereocenters. The van der Waals surface area contributed by atoms with Gasteiger partial charge in [0.15, 0.2) is 0 Å². The van der Waals surface area contributed by atoms with Crippen molar-refractivity contribution in [1.29, 1.82) is 5.26 Å². The molecule has 1 aromatic heterocycles. The summed E-state index contributed by atoms with van der Waals surface area (Å²) < 4.78 is 29.0. The van der Waals surface area contributed by atoms with E-state index in [1.165, 1.54) is 37.4 Å². The monoisotopic (exact) mass is 448 g/mol. The van der Waals surface area contributed by atoms with E-state index in [0.717, 1.165) is 4.57 Å². The standard InChI is InChI=1S/C17H17N6O7P/c1-10-8-23(17(25)20-16(10)24)15-6-13(21-22-19)14(29-15)9-28-31(26,27)30-12-4-2-11(7-18)3-5-12/h2-5,8,13-15H,6,9H2,1H3,(H,26,27)(H,20,24,25)/t13?,14-,15-/m1/s1. The highest BCUT2D eigenvalue weighted by molar-refractivity contribution is 7.47. The Morgan fingerprint density at radius 1 is 1.45 bits per heavy atom. The molecule has 2 unspecified atom stereocenters. The van der Waals surface area contributed by atoms with Crippen LogP contribution >= 0.6 is 7.82 Å². The average molecular weight is 448 g/mol. The molecule has 13 nitrogen and oxygen atoms in total. The Morgan fingerprint density at radius 2 is 2.16 bits per heavy atom. The molecule has 0 radical (unpaired) electrons. The maximum atomic E-state index is 12.2. The molecule has 14 heteroatoms. The zero-order valence-corrected chi connectivity index (χ0v) is 17.0. The van der Waals surface area contributed by atoms with Crippen LogP contribution in [0, 0.1) is 18.3 Å². The predicted octanol–water partition coefficient (Wildman–Crippen LogP) is 1.88. The number of benzene rings is 1. The Bertz CT molecular complexity index is 1210. The Hall–Kier alpha value is -3.39. The second-order valence-electron chi connectivity index (χ2n) is 6.61. The summed E-state index contributed by atoms with van der Waals surface area (Å²) in [7, 11) is -4.57. The normalized spacial score (nSPS) is 22.2. The van der Waals surface area contributed by atoms with Crippen molar-refractivity contribution in [2.75, 3.05) is 6.61 Å². The summed E-state index contributed by atoms with van der Waals surface area (Å²) in [6.45, 7) is 1.04. The van der Waals surface area contributed by atoms with Gasteiger partial charge >= 0.3 is 13.5 Å². The molecule has 0 amide bonds. The second-order valence-corrected chi connectivity index (χ2v) is 7.99. The molecule has 0 spiro atoms. The molecule has 162 valence electrons. The molecule has 2 heterocycles. The molecule has 2 aromatic rings. The Balaban J connectivity index is 1.70. The summed E-state index contributed by atoms with van der Waals surface area (Å²) in [4.78, 5) is 38.5. The van der Waals surface area contributed by atoms with E-state index in [2.05, 4.69) is 15.0 Å². The number of ether oxygens (including phenoxy) is 1. The highest BCUT2D eigenvalue weighted by Crippen LogP contribution is 2.45. The van der Waals surface area contributed by atoms with Gasteiger partial charge in [0.2, 0.25) is 0 Å². The number of hydrogen-bond donors (Lipinski definition) is 2. The molecular formula is C17H17N6O7P. The van der Waals surface area contributed by atoms with Crippen LogP contribution in [0.5, 0.6) is 5.75 Å². The van der Waals surface area contributed by atoms with Gasteiger partial charge in [0.25, 0.3) is 5.56 Å². The minimum absolute atomic E-state index is 0.0110. The number of phosphoric acid groups is 1. The maximum absolute atomic E-state index is 12.2. The van der Waals surface area contributed by atoms with E-state index in [0.29, 0.717) is 5.56 Å². The lowest BCUT2D eigenvalue weighted by Crippen LogP contribution is -2.33. The van der Waals surface area contributed by atoms with Crippen LogP contribution in [0.15, 0.2) is 45.2 Å². The molecule has 0 aliphatic carbocycles. The lowest BCUT2D eigenvalue weighted by Gasteiger charge is -2.19. The van der Waals surface area contributed by atoms with E-state index in [1.807, 2.05) is 6.07 Å². The number of nitrogens with zero attached hydrogens (tertiary/aromatic N) is 5. The zero-order chi connectivity index (χ0) is 22.6. The third kappa shape index (κ3) is 5.40. The van der Waals surface area contributed by atoms with Crippen molar-refractivity contribution in [2.45, 2.75) is 31.7 Å². The van der Waals surface area contributed by atoms with Gasteiger partial charge in [-0.1, -0.05) is 5.11 Å². The number of nitrogens with one attached hydrogen (secondary N) is 1. The molecule has 1 fully saturated rings. The second kappa shape index (κ2) is 9.18. The zero-order valence-electron chi connectivity index (χ0n) is 16.1. The van der Waals surface area contributed by atoms with Crippen molar-refractivity contribution in [3.05, 3.63) is 72.9 Å². The van der Waals surface area contributed by atoms with Crippen molar-refractivity contribution in [3.8, 4) is 11.8 Å². The molecule has 2 N–H and O–H groups in total. The quantitative estimate of drug-likeness (QED) is 0.277. The highest BCUT2D eigenvalue weighted by Gasteiger charge is 2.38. The summed E-state index contributed by atoms with van der Waals surface area (Å²) in [5, 5.41) is 12.4. The van der Waals surface area contributed by atoms with E-state index >= 15 is 0 Å². The number of rotatable bonds is 7. The molecule has 1 aliphatic heterocycles. The number of azide groups is 1. The van der Waals surface area contributed by atoms with Crippen LogP contribution in [0.1, 0.15) is 23.8 Å². The largest absolute Gasteiger partial charge is 0.527 e. The lowest BCUT2D eigenvalue weighted by atomic mass is 10.1. The van der Waals surface area contributed by atoms with Crippen molar-refractivity contribution >= 4 is 7.82 Å². The number of phosphoric ester groups is 1.